The second-order valence-corrected chi connectivity index (χ2v) is 5.78. The molecule has 4 nitrogen and oxygen atoms in total. The van der Waals surface area contributed by atoms with E-state index in [0.29, 0.717) is 30.3 Å². The Morgan fingerprint density at radius 1 is 1.40 bits per heavy atom. The van der Waals surface area contributed by atoms with Crippen molar-refractivity contribution in [3.63, 3.8) is 0 Å². The lowest BCUT2D eigenvalue weighted by molar-refractivity contribution is -0.0269. The maximum Gasteiger partial charge on any atom is 0.254 e. The van der Waals surface area contributed by atoms with Crippen LogP contribution in [0.15, 0.2) is 24.3 Å². The maximum absolute atomic E-state index is 12.4. The summed E-state index contributed by atoms with van der Waals surface area (Å²) in [5, 5.41) is 0.646. The van der Waals surface area contributed by atoms with Crippen molar-refractivity contribution < 1.29 is 9.53 Å². The molecule has 0 radical (unpaired) electrons. The van der Waals surface area contributed by atoms with Gasteiger partial charge in [0.25, 0.3) is 5.91 Å². The van der Waals surface area contributed by atoms with Crippen molar-refractivity contribution in [2.75, 3.05) is 40.3 Å². The largest absolute Gasteiger partial charge is 0.374 e. The number of hydrogen-bond donors (Lipinski definition) is 0. The molecular formula is C15H21ClN2O2. The van der Waals surface area contributed by atoms with Crippen molar-refractivity contribution in [2.24, 2.45) is 0 Å². The minimum atomic E-state index is 0.0554. The quantitative estimate of drug-likeness (QED) is 0.853. The number of carbonyl (C=O) groups is 1. The van der Waals surface area contributed by atoms with Crippen LogP contribution in [0.1, 0.15) is 16.8 Å². The predicted octanol–water partition coefficient (Wildman–Crippen LogP) is 2.13. The molecule has 1 amide bonds. The molecule has 1 aromatic carbocycles. The highest BCUT2D eigenvalue weighted by molar-refractivity contribution is 6.30. The van der Waals surface area contributed by atoms with Crippen LogP contribution in [0.5, 0.6) is 0 Å². The molecule has 20 heavy (non-hydrogen) atoms. The Bertz CT molecular complexity index is 448. The van der Waals surface area contributed by atoms with Crippen LogP contribution in [0.2, 0.25) is 5.02 Å². The number of halogens is 1. The zero-order valence-corrected chi connectivity index (χ0v) is 12.8. The molecule has 0 unspecified atom stereocenters. The van der Waals surface area contributed by atoms with E-state index in [2.05, 4.69) is 4.90 Å². The van der Waals surface area contributed by atoms with Crippen LogP contribution in [-0.2, 0) is 4.74 Å². The Labute approximate surface area is 125 Å². The molecule has 0 saturated carbocycles. The molecule has 0 spiro atoms. The highest BCUT2D eigenvalue weighted by atomic mass is 35.5. The van der Waals surface area contributed by atoms with Crippen molar-refractivity contribution in [2.45, 2.75) is 12.5 Å². The fraction of sp³-hybridized carbons (Fsp3) is 0.533. The molecule has 1 aliphatic rings. The molecule has 1 saturated heterocycles. The summed E-state index contributed by atoms with van der Waals surface area (Å²) in [6.07, 6.45) is 1.07. The van der Waals surface area contributed by atoms with Crippen LogP contribution in [0, 0.1) is 0 Å². The Morgan fingerprint density at radius 2 is 2.10 bits per heavy atom. The van der Waals surface area contributed by atoms with Crippen molar-refractivity contribution in [1.82, 2.24) is 9.80 Å². The summed E-state index contributed by atoms with van der Waals surface area (Å²) in [5.41, 5.74) is 0.683. The van der Waals surface area contributed by atoms with Gasteiger partial charge in [-0.1, -0.05) is 11.6 Å². The standard InChI is InChI=1S/C15H21ClN2O2/c1-17(2)8-7-14-11-18(9-10-20-14)15(19)12-3-5-13(16)6-4-12/h3-6,14H,7-11H2,1-2H3/t14-/m1/s1. The summed E-state index contributed by atoms with van der Waals surface area (Å²) in [6.45, 7) is 2.89. The van der Waals surface area contributed by atoms with Crippen LogP contribution < -0.4 is 0 Å². The topological polar surface area (TPSA) is 32.8 Å². The fourth-order valence-corrected chi connectivity index (χ4v) is 2.38. The van der Waals surface area contributed by atoms with Crippen LogP contribution >= 0.6 is 11.6 Å². The SMILES string of the molecule is CN(C)CC[C@@H]1CN(C(=O)c2ccc(Cl)cc2)CCO1. The zero-order valence-electron chi connectivity index (χ0n) is 12.0. The van der Waals surface area contributed by atoms with E-state index in [0.717, 1.165) is 13.0 Å². The van der Waals surface area contributed by atoms with E-state index >= 15 is 0 Å². The highest BCUT2D eigenvalue weighted by Gasteiger charge is 2.24. The summed E-state index contributed by atoms with van der Waals surface area (Å²) in [7, 11) is 4.08. The Hall–Kier alpha value is -1.10. The van der Waals surface area contributed by atoms with E-state index in [1.165, 1.54) is 0 Å². The van der Waals surface area contributed by atoms with Gasteiger partial charge in [-0.3, -0.25) is 4.79 Å². The van der Waals surface area contributed by atoms with Crippen molar-refractivity contribution in [3.05, 3.63) is 34.9 Å². The average molecular weight is 297 g/mol. The van der Waals surface area contributed by atoms with E-state index in [1.54, 1.807) is 24.3 Å². The van der Waals surface area contributed by atoms with Crippen LogP contribution in [0.3, 0.4) is 0 Å². The van der Waals surface area contributed by atoms with Crippen LogP contribution in [0.25, 0.3) is 0 Å². The molecular weight excluding hydrogens is 276 g/mol. The van der Waals surface area contributed by atoms with Crippen molar-refractivity contribution in [3.8, 4) is 0 Å². The number of carbonyl (C=O) groups excluding carboxylic acids is 1. The summed E-state index contributed by atoms with van der Waals surface area (Å²) < 4.78 is 5.72. The Kier molecular flexibility index (Phi) is 5.40. The van der Waals surface area contributed by atoms with Gasteiger partial charge in [-0.2, -0.15) is 0 Å². The van der Waals surface area contributed by atoms with Gasteiger partial charge in [-0.25, -0.2) is 0 Å². The zero-order chi connectivity index (χ0) is 14.5. The van der Waals surface area contributed by atoms with E-state index in [-0.39, 0.29) is 12.0 Å². The second-order valence-electron chi connectivity index (χ2n) is 5.34. The molecule has 0 bridgehead atoms. The third-order valence-corrected chi connectivity index (χ3v) is 3.67. The van der Waals surface area contributed by atoms with Gasteiger partial charge >= 0.3 is 0 Å². The molecule has 0 N–H and O–H groups in total. The first kappa shape index (κ1) is 15.3. The third kappa shape index (κ3) is 4.20. The molecule has 1 aliphatic heterocycles. The van der Waals surface area contributed by atoms with Gasteiger partial charge in [-0.15, -0.1) is 0 Å². The van der Waals surface area contributed by atoms with Crippen molar-refractivity contribution >= 4 is 17.5 Å². The number of rotatable bonds is 4. The predicted molar refractivity (Wildman–Crippen MR) is 80.3 cm³/mol. The van der Waals surface area contributed by atoms with Gasteiger partial charge in [0.15, 0.2) is 0 Å². The number of ether oxygens (including phenoxy) is 1. The number of morpholine rings is 1. The smallest absolute Gasteiger partial charge is 0.254 e. The van der Waals surface area contributed by atoms with Gasteiger partial charge in [0.1, 0.15) is 0 Å². The summed E-state index contributed by atoms with van der Waals surface area (Å²) in [4.78, 5) is 16.4. The Morgan fingerprint density at radius 3 is 2.75 bits per heavy atom. The first-order valence-corrected chi connectivity index (χ1v) is 7.25. The van der Waals surface area contributed by atoms with E-state index in [9.17, 15) is 4.79 Å². The summed E-state index contributed by atoms with van der Waals surface area (Å²) in [5.74, 6) is 0.0554. The van der Waals surface area contributed by atoms with Crippen molar-refractivity contribution in [1.29, 1.82) is 0 Å². The van der Waals surface area contributed by atoms with Crippen LogP contribution in [-0.4, -0.2) is 62.1 Å². The molecule has 110 valence electrons. The lowest BCUT2D eigenvalue weighted by Gasteiger charge is -2.33. The molecule has 5 heteroatoms. The molecule has 1 atom stereocenters. The van der Waals surface area contributed by atoms with Gasteiger partial charge in [0.05, 0.1) is 12.7 Å². The van der Waals surface area contributed by atoms with E-state index in [1.807, 2.05) is 19.0 Å². The van der Waals surface area contributed by atoms with Gasteiger partial charge in [0.2, 0.25) is 0 Å². The fourth-order valence-electron chi connectivity index (χ4n) is 2.26. The number of nitrogens with zero attached hydrogens (tertiary/aromatic N) is 2. The monoisotopic (exact) mass is 296 g/mol. The molecule has 0 aliphatic carbocycles. The van der Waals surface area contributed by atoms with E-state index in [4.69, 9.17) is 16.3 Å². The van der Waals surface area contributed by atoms with Gasteiger partial charge < -0.3 is 14.5 Å². The number of benzene rings is 1. The maximum atomic E-state index is 12.4. The average Bonchev–Trinajstić information content (AvgIpc) is 2.45. The third-order valence-electron chi connectivity index (χ3n) is 3.42. The van der Waals surface area contributed by atoms with Gasteiger partial charge in [0, 0.05) is 30.2 Å². The first-order valence-electron chi connectivity index (χ1n) is 6.87. The lowest BCUT2D eigenvalue weighted by Crippen LogP contribution is -2.46. The molecule has 1 fully saturated rings. The lowest BCUT2D eigenvalue weighted by atomic mass is 10.1. The van der Waals surface area contributed by atoms with E-state index < -0.39 is 0 Å². The molecule has 1 aromatic rings. The highest BCUT2D eigenvalue weighted by Crippen LogP contribution is 2.15. The normalized spacial score (nSPS) is 19.4. The summed E-state index contributed by atoms with van der Waals surface area (Å²) >= 11 is 5.85. The van der Waals surface area contributed by atoms with Crippen LogP contribution in [0.4, 0.5) is 0 Å². The number of amides is 1. The molecule has 2 rings (SSSR count). The summed E-state index contributed by atoms with van der Waals surface area (Å²) in [6, 6.07) is 7.04. The second kappa shape index (κ2) is 7.07. The number of hydrogen-bond acceptors (Lipinski definition) is 3. The minimum absolute atomic E-state index is 0.0554. The molecule has 0 aromatic heterocycles. The first-order chi connectivity index (χ1) is 9.56. The minimum Gasteiger partial charge on any atom is -0.374 e. The Balaban J connectivity index is 1.94. The molecule has 1 heterocycles. The van der Waals surface area contributed by atoms with Gasteiger partial charge in [-0.05, 0) is 44.8 Å².